The van der Waals surface area contributed by atoms with E-state index in [4.69, 9.17) is 21.4 Å². The summed E-state index contributed by atoms with van der Waals surface area (Å²) in [7, 11) is 0. The molecule has 28 heavy (non-hydrogen) atoms. The number of carbonyl (C=O) groups excluding carboxylic acids is 1. The summed E-state index contributed by atoms with van der Waals surface area (Å²) in [4.78, 5) is 25.1. The number of nitrogens with zero attached hydrogens (tertiary/aromatic N) is 2. The van der Waals surface area contributed by atoms with E-state index < -0.39 is 4.92 Å². The van der Waals surface area contributed by atoms with Gasteiger partial charge in [0.25, 0.3) is 11.6 Å². The van der Waals surface area contributed by atoms with Crippen molar-refractivity contribution >= 4 is 46.0 Å². The van der Waals surface area contributed by atoms with Crippen molar-refractivity contribution in [3.63, 3.8) is 0 Å². The molecular weight excluding hydrogens is 400 g/mol. The lowest BCUT2D eigenvalue weighted by atomic mass is 10.1. The molecule has 7 nitrogen and oxygen atoms in total. The fourth-order valence-corrected chi connectivity index (χ4v) is 4.37. The maximum atomic E-state index is 12.7. The number of rotatable bonds is 5. The molecule has 4 rings (SSSR count). The van der Waals surface area contributed by atoms with Crippen LogP contribution in [0.4, 0.5) is 5.69 Å². The third kappa shape index (κ3) is 3.87. The van der Waals surface area contributed by atoms with Crippen molar-refractivity contribution in [2.24, 2.45) is 0 Å². The third-order valence-corrected chi connectivity index (χ3v) is 5.92. The summed E-state index contributed by atoms with van der Waals surface area (Å²) in [5.74, 6) is 0.945. The predicted molar refractivity (Wildman–Crippen MR) is 110 cm³/mol. The molecule has 2 saturated heterocycles. The molecule has 2 fully saturated rings. The minimum atomic E-state index is -0.448. The topological polar surface area (TPSA) is 85.8 Å². The second kappa shape index (κ2) is 7.86. The third-order valence-electron chi connectivity index (χ3n) is 4.55. The van der Waals surface area contributed by atoms with Crippen LogP contribution in [0.3, 0.4) is 0 Å². The van der Waals surface area contributed by atoms with Crippen molar-refractivity contribution in [3.05, 3.63) is 57.2 Å². The number of amides is 1. The van der Waals surface area contributed by atoms with Gasteiger partial charge < -0.3 is 9.15 Å². The molecule has 0 N–H and O–H groups in total. The number of furan rings is 1. The van der Waals surface area contributed by atoms with Gasteiger partial charge in [0.05, 0.1) is 22.5 Å². The number of benzene rings is 1. The van der Waals surface area contributed by atoms with E-state index in [1.165, 1.54) is 23.9 Å². The molecule has 0 saturated carbocycles. The molecule has 2 aliphatic rings. The summed E-state index contributed by atoms with van der Waals surface area (Å²) >= 11 is 6.60. The monoisotopic (exact) mass is 416 g/mol. The Morgan fingerprint density at radius 3 is 2.75 bits per heavy atom. The molecule has 0 aliphatic carbocycles. The summed E-state index contributed by atoms with van der Waals surface area (Å²) in [6, 6.07) is 9.62. The number of nitro benzene ring substituents is 1. The fourth-order valence-electron chi connectivity index (χ4n) is 3.11. The summed E-state index contributed by atoms with van der Waals surface area (Å²) < 4.78 is 11.9. The lowest BCUT2D eigenvalue weighted by Gasteiger charge is -2.18. The Morgan fingerprint density at radius 1 is 1.29 bits per heavy atom. The fraction of sp³-hybridized carbons (Fsp3) is 0.263. The maximum Gasteiger partial charge on any atom is 0.269 e. The molecule has 2 aromatic rings. The van der Waals surface area contributed by atoms with Crippen LogP contribution in [0.2, 0.25) is 0 Å². The highest BCUT2D eigenvalue weighted by Gasteiger charge is 2.34. The first-order chi connectivity index (χ1) is 13.5. The molecule has 1 amide bonds. The average Bonchev–Trinajstić information content (AvgIpc) is 3.41. The largest absolute Gasteiger partial charge is 0.457 e. The molecule has 1 aromatic heterocycles. The smallest absolute Gasteiger partial charge is 0.269 e. The van der Waals surface area contributed by atoms with E-state index in [1.54, 1.807) is 35.2 Å². The highest BCUT2D eigenvalue weighted by Crippen LogP contribution is 2.34. The van der Waals surface area contributed by atoms with E-state index in [0.29, 0.717) is 27.3 Å². The average molecular weight is 416 g/mol. The Balaban J connectivity index is 1.49. The van der Waals surface area contributed by atoms with Crippen molar-refractivity contribution < 1.29 is 18.9 Å². The summed E-state index contributed by atoms with van der Waals surface area (Å²) in [5, 5.41) is 10.8. The van der Waals surface area contributed by atoms with Crippen LogP contribution >= 0.6 is 24.0 Å². The number of thioether (sulfide) groups is 1. The zero-order chi connectivity index (χ0) is 19.7. The zero-order valence-corrected chi connectivity index (χ0v) is 16.3. The van der Waals surface area contributed by atoms with Gasteiger partial charge in [-0.2, -0.15) is 0 Å². The molecule has 0 radical (unpaired) electrons. The van der Waals surface area contributed by atoms with Crippen molar-refractivity contribution in [1.82, 2.24) is 4.90 Å². The van der Waals surface area contributed by atoms with E-state index in [2.05, 4.69) is 0 Å². The lowest BCUT2D eigenvalue weighted by Crippen LogP contribution is -2.35. The van der Waals surface area contributed by atoms with Gasteiger partial charge >= 0.3 is 0 Å². The first-order valence-electron chi connectivity index (χ1n) is 8.73. The molecule has 1 aromatic carbocycles. The summed E-state index contributed by atoms with van der Waals surface area (Å²) in [5.41, 5.74) is 0.738. The second-order valence-corrected chi connectivity index (χ2v) is 8.11. The van der Waals surface area contributed by atoms with Gasteiger partial charge in [-0.05, 0) is 37.1 Å². The van der Waals surface area contributed by atoms with Crippen LogP contribution in [0.25, 0.3) is 17.4 Å². The van der Waals surface area contributed by atoms with E-state index in [0.717, 1.165) is 25.0 Å². The Kier molecular flexibility index (Phi) is 5.29. The highest BCUT2D eigenvalue weighted by molar-refractivity contribution is 8.26. The van der Waals surface area contributed by atoms with Gasteiger partial charge in [0, 0.05) is 30.4 Å². The first-order valence-corrected chi connectivity index (χ1v) is 9.95. The van der Waals surface area contributed by atoms with Gasteiger partial charge in [-0.3, -0.25) is 19.8 Å². The van der Waals surface area contributed by atoms with E-state index in [-0.39, 0.29) is 17.7 Å². The zero-order valence-electron chi connectivity index (χ0n) is 14.7. The van der Waals surface area contributed by atoms with E-state index in [9.17, 15) is 14.9 Å². The number of non-ortho nitro benzene ring substituents is 1. The van der Waals surface area contributed by atoms with Crippen LogP contribution in [-0.2, 0) is 9.53 Å². The van der Waals surface area contributed by atoms with Gasteiger partial charge in [-0.1, -0.05) is 24.0 Å². The van der Waals surface area contributed by atoms with Crippen LogP contribution in [0.5, 0.6) is 0 Å². The molecule has 9 heteroatoms. The van der Waals surface area contributed by atoms with Gasteiger partial charge in [0.15, 0.2) is 0 Å². The van der Waals surface area contributed by atoms with Gasteiger partial charge in [0.2, 0.25) is 0 Å². The van der Waals surface area contributed by atoms with Crippen LogP contribution < -0.4 is 0 Å². The molecule has 0 bridgehead atoms. The van der Waals surface area contributed by atoms with Gasteiger partial charge in [-0.15, -0.1) is 0 Å². The molecule has 3 heterocycles. The van der Waals surface area contributed by atoms with Crippen LogP contribution in [-0.4, -0.2) is 39.3 Å². The Hall–Kier alpha value is -2.49. The van der Waals surface area contributed by atoms with Gasteiger partial charge in [0.1, 0.15) is 15.8 Å². The number of thiocarbonyl (C=S) groups is 1. The molecule has 144 valence electrons. The molecule has 1 atom stereocenters. The molecule has 0 unspecified atom stereocenters. The van der Waals surface area contributed by atoms with Crippen LogP contribution in [0.15, 0.2) is 45.7 Å². The van der Waals surface area contributed by atoms with Crippen LogP contribution in [0, 0.1) is 10.1 Å². The van der Waals surface area contributed by atoms with E-state index >= 15 is 0 Å². The number of nitro groups is 1. The molecular formula is C19H16N2O5S2. The maximum absolute atomic E-state index is 12.7. The summed E-state index contributed by atoms with van der Waals surface area (Å²) in [6.07, 6.45) is 3.66. The lowest BCUT2D eigenvalue weighted by molar-refractivity contribution is -0.384. The minimum Gasteiger partial charge on any atom is -0.457 e. The van der Waals surface area contributed by atoms with E-state index in [1.807, 2.05) is 0 Å². The SMILES string of the molecule is O=C1/C(=C\c2ccc(-c3ccc([N+](=O)[O-])cc3)o2)SC(=S)N1C[C@H]1CCCO1. The van der Waals surface area contributed by atoms with Crippen molar-refractivity contribution in [2.75, 3.05) is 13.2 Å². The normalized spacial score (nSPS) is 21.1. The second-order valence-electron chi connectivity index (χ2n) is 6.43. The van der Waals surface area contributed by atoms with Crippen molar-refractivity contribution in [2.45, 2.75) is 18.9 Å². The Morgan fingerprint density at radius 2 is 2.07 bits per heavy atom. The number of hydrogen-bond donors (Lipinski definition) is 0. The van der Waals surface area contributed by atoms with Crippen LogP contribution in [0.1, 0.15) is 18.6 Å². The first kappa shape index (κ1) is 18.9. The van der Waals surface area contributed by atoms with Crippen molar-refractivity contribution in [3.8, 4) is 11.3 Å². The Bertz CT molecular complexity index is 961. The highest BCUT2D eigenvalue weighted by atomic mass is 32.2. The number of ether oxygens (including phenoxy) is 1. The Labute approximate surface area is 170 Å². The number of carbonyl (C=O) groups is 1. The number of hydrogen-bond acceptors (Lipinski definition) is 7. The van der Waals surface area contributed by atoms with Crippen molar-refractivity contribution in [1.29, 1.82) is 0 Å². The predicted octanol–water partition coefficient (Wildman–Crippen LogP) is 4.24. The summed E-state index contributed by atoms with van der Waals surface area (Å²) in [6.45, 7) is 1.21. The molecule has 2 aliphatic heterocycles. The minimum absolute atomic E-state index is 0.0189. The van der Waals surface area contributed by atoms with Gasteiger partial charge in [-0.25, -0.2) is 0 Å². The standard InChI is InChI=1S/C19H16N2O5S2/c22-18-17(28-19(27)20(18)11-15-2-1-9-25-15)10-14-7-8-16(26-14)12-3-5-13(6-4-12)21(23)24/h3-8,10,15H,1-2,9,11H2/b17-10+/t15-/m1/s1. The quantitative estimate of drug-likeness (QED) is 0.312. The molecule has 0 spiro atoms.